The van der Waals surface area contributed by atoms with Crippen molar-refractivity contribution in [3.8, 4) is 0 Å². The molecular formula is C15H13N3O2S2. The van der Waals surface area contributed by atoms with Crippen molar-refractivity contribution < 1.29 is 9.59 Å². The first-order valence-electron chi connectivity index (χ1n) is 6.28. The molecule has 2 rings (SSSR count). The molecule has 0 aliphatic heterocycles. The Morgan fingerprint density at radius 2 is 1.95 bits per heavy atom. The molecule has 1 aromatic heterocycles. The van der Waals surface area contributed by atoms with Gasteiger partial charge in [0.25, 0.3) is 5.91 Å². The fourth-order valence-electron chi connectivity index (χ4n) is 1.66. The van der Waals surface area contributed by atoms with Crippen LogP contribution in [0.1, 0.15) is 15.2 Å². The summed E-state index contributed by atoms with van der Waals surface area (Å²) < 4.78 is 0. The normalized spacial score (nSPS) is 10.4. The van der Waals surface area contributed by atoms with Gasteiger partial charge in [-0.1, -0.05) is 18.2 Å². The fraction of sp³-hybridized carbons (Fsp3) is 0. The summed E-state index contributed by atoms with van der Waals surface area (Å²) in [5.74, 6) is -0.933. The molecule has 0 bridgehead atoms. The first kappa shape index (κ1) is 15.9. The number of thiocarbonyl (C=S) groups is 1. The van der Waals surface area contributed by atoms with Crippen LogP contribution in [0.25, 0.3) is 6.08 Å². The van der Waals surface area contributed by atoms with Gasteiger partial charge in [-0.3, -0.25) is 14.9 Å². The zero-order valence-corrected chi connectivity index (χ0v) is 13.0. The van der Waals surface area contributed by atoms with Crippen molar-refractivity contribution >= 4 is 52.2 Å². The van der Waals surface area contributed by atoms with Crippen LogP contribution >= 0.6 is 23.6 Å². The number of hydrogen-bond acceptors (Lipinski definition) is 4. The van der Waals surface area contributed by atoms with Crippen LogP contribution in [0.3, 0.4) is 0 Å². The molecule has 1 heterocycles. The van der Waals surface area contributed by atoms with Crippen LogP contribution in [0.2, 0.25) is 0 Å². The van der Waals surface area contributed by atoms with E-state index in [9.17, 15) is 9.59 Å². The van der Waals surface area contributed by atoms with Crippen molar-refractivity contribution in [3.05, 3.63) is 58.3 Å². The Balaban J connectivity index is 1.96. The van der Waals surface area contributed by atoms with E-state index in [0.717, 1.165) is 4.88 Å². The monoisotopic (exact) mass is 331 g/mol. The number of anilines is 1. The van der Waals surface area contributed by atoms with Crippen LogP contribution in [0.15, 0.2) is 47.9 Å². The molecule has 5 nitrogen and oxygen atoms in total. The van der Waals surface area contributed by atoms with Crippen LogP contribution < -0.4 is 16.4 Å². The molecule has 7 heteroatoms. The minimum absolute atomic E-state index is 0.0922. The predicted octanol–water partition coefficient (Wildman–Crippen LogP) is 2.37. The summed E-state index contributed by atoms with van der Waals surface area (Å²) in [6.07, 6.45) is 3.08. The molecule has 2 amide bonds. The van der Waals surface area contributed by atoms with Crippen LogP contribution in [-0.4, -0.2) is 16.9 Å². The van der Waals surface area contributed by atoms with Crippen molar-refractivity contribution in [2.24, 2.45) is 5.73 Å². The highest BCUT2D eigenvalue weighted by Gasteiger charge is 2.09. The Kier molecular flexibility index (Phi) is 5.40. The molecule has 4 N–H and O–H groups in total. The van der Waals surface area contributed by atoms with E-state index >= 15 is 0 Å². The van der Waals surface area contributed by atoms with E-state index < -0.39 is 5.91 Å². The molecule has 0 spiro atoms. The first-order valence-corrected chi connectivity index (χ1v) is 7.57. The van der Waals surface area contributed by atoms with E-state index in [1.807, 2.05) is 17.5 Å². The van der Waals surface area contributed by atoms with Crippen molar-refractivity contribution in [2.45, 2.75) is 0 Å². The summed E-state index contributed by atoms with van der Waals surface area (Å²) in [5, 5.41) is 7.30. The van der Waals surface area contributed by atoms with E-state index in [0.29, 0.717) is 11.3 Å². The molecule has 0 aliphatic carbocycles. The number of amides is 2. The van der Waals surface area contributed by atoms with Gasteiger partial charge in [0.2, 0.25) is 5.91 Å². The molecule has 0 unspecified atom stereocenters. The van der Waals surface area contributed by atoms with Gasteiger partial charge in [0, 0.05) is 11.0 Å². The Hall–Kier alpha value is -2.51. The second kappa shape index (κ2) is 7.48. The number of carbonyl (C=O) groups is 2. The van der Waals surface area contributed by atoms with Gasteiger partial charge in [0.1, 0.15) is 0 Å². The Morgan fingerprint density at radius 3 is 2.64 bits per heavy atom. The number of benzene rings is 1. The minimum atomic E-state index is -0.574. The molecule has 22 heavy (non-hydrogen) atoms. The molecule has 0 aliphatic rings. The van der Waals surface area contributed by atoms with Crippen LogP contribution in [0, 0.1) is 0 Å². The third-order valence-electron chi connectivity index (χ3n) is 2.62. The topological polar surface area (TPSA) is 84.2 Å². The molecule has 2 aromatic rings. The molecule has 0 radical (unpaired) electrons. The number of rotatable bonds is 4. The van der Waals surface area contributed by atoms with Gasteiger partial charge in [0.15, 0.2) is 5.11 Å². The maximum atomic E-state index is 11.7. The SMILES string of the molecule is NC(=O)c1ccccc1NC(=S)NC(=O)C=Cc1cccs1. The molecule has 112 valence electrons. The zero-order chi connectivity index (χ0) is 15.9. The van der Waals surface area contributed by atoms with Gasteiger partial charge in [-0.05, 0) is 41.9 Å². The third-order valence-corrected chi connectivity index (χ3v) is 3.66. The Morgan fingerprint density at radius 1 is 1.18 bits per heavy atom. The third kappa shape index (κ3) is 4.51. The number of para-hydroxylation sites is 1. The number of nitrogens with two attached hydrogens (primary N) is 1. The van der Waals surface area contributed by atoms with Gasteiger partial charge >= 0.3 is 0 Å². The number of carbonyl (C=O) groups excluding carboxylic acids is 2. The fourth-order valence-corrected chi connectivity index (χ4v) is 2.49. The second-order valence-corrected chi connectivity index (χ2v) is 5.59. The largest absolute Gasteiger partial charge is 0.366 e. The predicted molar refractivity (Wildman–Crippen MR) is 92.7 cm³/mol. The van der Waals surface area contributed by atoms with Crippen molar-refractivity contribution in [3.63, 3.8) is 0 Å². The highest BCUT2D eigenvalue weighted by Crippen LogP contribution is 2.14. The van der Waals surface area contributed by atoms with E-state index in [1.54, 1.807) is 30.3 Å². The minimum Gasteiger partial charge on any atom is -0.366 e. The summed E-state index contributed by atoms with van der Waals surface area (Å²) in [6.45, 7) is 0. The molecule has 0 fully saturated rings. The summed E-state index contributed by atoms with van der Waals surface area (Å²) in [5.41, 5.74) is 6.02. The van der Waals surface area contributed by atoms with Gasteiger partial charge < -0.3 is 11.1 Å². The molecule has 0 saturated heterocycles. The van der Waals surface area contributed by atoms with Gasteiger partial charge in [0.05, 0.1) is 11.3 Å². The van der Waals surface area contributed by atoms with E-state index in [4.69, 9.17) is 18.0 Å². The summed E-state index contributed by atoms with van der Waals surface area (Å²) in [6, 6.07) is 10.4. The van der Waals surface area contributed by atoms with Crippen molar-refractivity contribution in [2.75, 3.05) is 5.32 Å². The molecule has 1 aromatic carbocycles. The summed E-state index contributed by atoms with van der Waals surface area (Å²) in [7, 11) is 0. The quantitative estimate of drug-likeness (QED) is 0.593. The maximum absolute atomic E-state index is 11.7. The number of thiophene rings is 1. The Labute approximate surface area is 136 Å². The average Bonchev–Trinajstić information content (AvgIpc) is 2.98. The molecule has 0 atom stereocenters. The van der Waals surface area contributed by atoms with Gasteiger partial charge in [-0.25, -0.2) is 0 Å². The molecular weight excluding hydrogens is 318 g/mol. The van der Waals surface area contributed by atoms with E-state index in [2.05, 4.69) is 10.6 Å². The maximum Gasteiger partial charge on any atom is 0.250 e. The van der Waals surface area contributed by atoms with Gasteiger partial charge in [-0.15, -0.1) is 11.3 Å². The lowest BCUT2D eigenvalue weighted by Crippen LogP contribution is -2.33. The summed E-state index contributed by atoms with van der Waals surface area (Å²) in [4.78, 5) is 24.0. The summed E-state index contributed by atoms with van der Waals surface area (Å²) >= 11 is 6.57. The van der Waals surface area contributed by atoms with E-state index in [1.165, 1.54) is 17.4 Å². The van der Waals surface area contributed by atoms with Crippen molar-refractivity contribution in [1.82, 2.24) is 5.32 Å². The molecule has 0 saturated carbocycles. The highest BCUT2D eigenvalue weighted by molar-refractivity contribution is 7.80. The van der Waals surface area contributed by atoms with Gasteiger partial charge in [-0.2, -0.15) is 0 Å². The lowest BCUT2D eigenvalue weighted by atomic mass is 10.1. The van der Waals surface area contributed by atoms with Crippen molar-refractivity contribution in [1.29, 1.82) is 0 Å². The highest BCUT2D eigenvalue weighted by atomic mass is 32.1. The van der Waals surface area contributed by atoms with Crippen LogP contribution in [0.5, 0.6) is 0 Å². The lowest BCUT2D eigenvalue weighted by molar-refractivity contribution is -0.115. The number of hydrogen-bond donors (Lipinski definition) is 3. The smallest absolute Gasteiger partial charge is 0.250 e. The average molecular weight is 331 g/mol. The zero-order valence-electron chi connectivity index (χ0n) is 11.4. The number of primary amides is 1. The van der Waals surface area contributed by atoms with Crippen LogP contribution in [-0.2, 0) is 4.79 Å². The standard InChI is InChI=1S/C15H13N3O2S2/c16-14(20)11-5-1-2-6-12(11)17-15(21)18-13(19)8-7-10-4-3-9-22-10/h1-9H,(H2,16,20)(H2,17,18,19,21). The number of nitrogens with one attached hydrogen (secondary N) is 2. The second-order valence-electron chi connectivity index (χ2n) is 4.20. The Bertz CT molecular complexity index is 724. The van der Waals surface area contributed by atoms with Crippen LogP contribution in [0.4, 0.5) is 5.69 Å². The van der Waals surface area contributed by atoms with E-state index in [-0.39, 0.29) is 11.0 Å². The lowest BCUT2D eigenvalue weighted by Gasteiger charge is -2.10. The first-order chi connectivity index (χ1) is 10.6.